The molecule has 0 aliphatic carbocycles. The van der Waals surface area contributed by atoms with Crippen molar-refractivity contribution in [2.75, 3.05) is 13.7 Å². The Morgan fingerprint density at radius 1 is 1.47 bits per heavy atom. The molecular formula is C14H13NO3S. The summed E-state index contributed by atoms with van der Waals surface area (Å²) in [5.41, 5.74) is 1.19. The molecule has 19 heavy (non-hydrogen) atoms. The molecule has 0 bridgehead atoms. The number of carbonyl (C=O) groups is 1. The Balaban J connectivity index is 1.81. The minimum absolute atomic E-state index is 0.207. The number of benzene rings is 1. The van der Waals surface area contributed by atoms with Crippen LogP contribution in [0.15, 0.2) is 30.5 Å². The van der Waals surface area contributed by atoms with Crippen LogP contribution in [-0.2, 0) is 11.2 Å². The van der Waals surface area contributed by atoms with E-state index in [4.69, 9.17) is 9.47 Å². The van der Waals surface area contributed by atoms with Crippen molar-refractivity contribution in [2.45, 2.75) is 12.3 Å². The molecule has 2 aromatic rings. The number of hydrogen-bond acceptors (Lipinski definition) is 5. The molecule has 2 heterocycles. The van der Waals surface area contributed by atoms with Crippen LogP contribution in [0.4, 0.5) is 0 Å². The second-order valence-electron chi connectivity index (χ2n) is 4.37. The van der Waals surface area contributed by atoms with Crippen LogP contribution < -0.4 is 4.74 Å². The fourth-order valence-corrected chi connectivity index (χ4v) is 3.08. The first-order valence-electron chi connectivity index (χ1n) is 6.02. The van der Waals surface area contributed by atoms with E-state index >= 15 is 0 Å². The molecule has 5 heteroatoms. The topological polar surface area (TPSA) is 48.4 Å². The lowest BCUT2D eigenvalue weighted by molar-refractivity contribution is 0.0606. The highest BCUT2D eigenvalue weighted by Gasteiger charge is 2.24. The highest BCUT2D eigenvalue weighted by Crippen LogP contribution is 2.33. The van der Waals surface area contributed by atoms with Crippen LogP contribution in [0.5, 0.6) is 5.75 Å². The second kappa shape index (κ2) is 5.01. The lowest BCUT2D eigenvalue weighted by Crippen LogP contribution is -2.18. The van der Waals surface area contributed by atoms with E-state index in [1.165, 1.54) is 24.0 Å². The van der Waals surface area contributed by atoms with Crippen LogP contribution in [-0.4, -0.2) is 24.7 Å². The molecule has 1 unspecified atom stereocenters. The normalized spacial score (nSPS) is 17.4. The molecule has 1 aromatic heterocycles. The van der Waals surface area contributed by atoms with Crippen molar-refractivity contribution in [2.24, 2.45) is 0 Å². The van der Waals surface area contributed by atoms with Gasteiger partial charge in [0.15, 0.2) is 0 Å². The number of methoxy groups -OCH3 is 1. The highest BCUT2D eigenvalue weighted by molar-refractivity contribution is 7.13. The summed E-state index contributed by atoms with van der Waals surface area (Å²) >= 11 is 1.38. The molecule has 0 fully saturated rings. The number of aromatic nitrogens is 1. The Morgan fingerprint density at radius 2 is 2.32 bits per heavy atom. The van der Waals surface area contributed by atoms with Gasteiger partial charge in [0.2, 0.25) is 0 Å². The molecule has 0 amide bonds. The number of rotatable bonds is 2. The Morgan fingerprint density at radius 3 is 3.16 bits per heavy atom. The van der Waals surface area contributed by atoms with Crippen molar-refractivity contribution in [3.8, 4) is 5.75 Å². The number of thiazole rings is 1. The fourth-order valence-electron chi connectivity index (χ4n) is 2.16. The van der Waals surface area contributed by atoms with Crippen LogP contribution in [0, 0.1) is 0 Å². The molecule has 0 saturated heterocycles. The predicted molar refractivity (Wildman–Crippen MR) is 71.8 cm³/mol. The van der Waals surface area contributed by atoms with Gasteiger partial charge in [-0.25, -0.2) is 9.78 Å². The van der Waals surface area contributed by atoms with E-state index in [9.17, 15) is 4.79 Å². The predicted octanol–water partition coefficient (Wildman–Crippen LogP) is 2.65. The quantitative estimate of drug-likeness (QED) is 0.791. The number of para-hydroxylation sites is 1. The number of carbonyl (C=O) groups excluding carboxylic acids is 1. The Kier molecular flexibility index (Phi) is 3.21. The van der Waals surface area contributed by atoms with E-state index in [2.05, 4.69) is 11.1 Å². The van der Waals surface area contributed by atoms with Crippen molar-refractivity contribution < 1.29 is 14.3 Å². The van der Waals surface area contributed by atoms with E-state index in [1.807, 2.05) is 18.2 Å². The highest BCUT2D eigenvalue weighted by atomic mass is 32.1. The third-order valence-electron chi connectivity index (χ3n) is 3.14. The molecule has 0 spiro atoms. The number of ether oxygens (including phenoxy) is 2. The number of fused-ring (bicyclic) bond motifs is 1. The maximum Gasteiger partial charge on any atom is 0.349 e. The van der Waals surface area contributed by atoms with E-state index in [0.717, 1.165) is 17.2 Å². The zero-order valence-electron chi connectivity index (χ0n) is 10.5. The molecule has 4 nitrogen and oxygen atoms in total. The van der Waals surface area contributed by atoms with Crippen LogP contribution in [0.2, 0.25) is 0 Å². The molecule has 1 aliphatic heterocycles. The van der Waals surface area contributed by atoms with Crippen LogP contribution >= 0.6 is 11.3 Å². The largest absolute Gasteiger partial charge is 0.493 e. The Bertz CT molecular complexity index is 608. The molecule has 3 rings (SSSR count). The maximum atomic E-state index is 11.4. The summed E-state index contributed by atoms with van der Waals surface area (Å²) in [7, 11) is 1.38. The first-order chi connectivity index (χ1) is 9.28. The Hall–Kier alpha value is -1.88. The van der Waals surface area contributed by atoms with Crippen LogP contribution in [0.25, 0.3) is 0 Å². The van der Waals surface area contributed by atoms with Gasteiger partial charge in [-0.3, -0.25) is 0 Å². The summed E-state index contributed by atoms with van der Waals surface area (Å²) < 4.78 is 10.4. The van der Waals surface area contributed by atoms with Crippen molar-refractivity contribution in [3.63, 3.8) is 0 Å². The van der Waals surface area contributed by atoms with Gasteiger partial charge in [0, 0.05) is 5.92 Å². The van der Waals surface area contributed by atoms with Gasteiger partial charge in [-0.2, -0.15) is 0 Å². The number of esters is 1. The molecule has 98 valence electrons. The second-order valence-corrected chi connectivity index (χ2v) is 5.44. The number of nitrogens with zero attached hydrogens (tertiary/aromatic N) is 1. The molecule has 0 saturated carbocycles. The average Bonchev–Trinajstić information content (AvgIpc) is 2.95. The van der Waals surface area contributed by atoms with Gasteiger partial charge < -0.3 is 9.47 Å². The standard InChI is InChI=1S/C14H13NO3S/c1-17-14(16)12-7-15-13(19-12)10-6-9-4-2-3-5-11(9)18-8-10/h2-5,7,10H,6,8H2,1H3. The summed E-state index contributed by atoms with van der Waals surface area (Å²) in [4.78, 5) is 16.3. The van der Waals surface area contributed by atoms with E-state index < -0.39 is 0 Å². The van der Waals surface area contributed by atoms with E-state index in [0.29, 0.717) is 11.5 Å². The van der Waals surface area contributed by atoms with Gasteiger partial charge in [-0.15, -0.1) is 11.3 Å². The zero-order chi connectivity index (χ0) is 13.2. The van der Waals surface area contributed by atoms with Gasteiger partial charge in [-0.05, 0) is 18.1 Å². The van der Waals surface area contributed by atoms with Crippen molar-refractivity contribution in [1.82, 2.24) is 4.98 Å². The van der Waals surface area contributed by atoms with Crippen molar-refractivity contribution >= 4 is 17.3 Å². The van der Waals surface area contributed by atoms with Crippen molar-refractivity contribution in [3.05, 3.63) is 45.9 Å². The van der Waals surface area contributed by atoms with E-state index in [-0.39, 0.29) is 11.9 Å². The zero-order valence-corrected chi connectivity index (χ0v) is 11.3. The lowest BCUT2D eigenvalue weighted by atomic mass is 9.97. The maximum absolute atomic E-state index is 11.4. The van der Waals surface area contributed by atoms with E-state index in [1.54, 1.807) is 6.20 Å². The third-order valence-corrected chi connectivity index (χ3v) is 4.28. The monoisotopic (exact) mass is 275 g/mol. The summed E-state index contributed by atoms with van der Waals surface area (Å²) in [5, 5.41) is 0.926. The Labute approximate surface area is 115 Å². The molecule has 1 aromatic carbocycles. The molecule has 0 N–H and O–H groups in total. The van der Waals surface area contributed by atoms with Gasteiger partial charge in [0.25, 0.3) is 0 Å². The summed E-state index contributed by atoms with van der Waals surface area (Å²) in [6, 6.07) is 8.02. The summed E-state index contributed by atoms with van der Waals surface area (Å²) in [5.74, 6) is 0.822. The summed E-state index contributed by atoms with van der Waals surface area (Å²) in [6.45, 7) is 0.602. The first-order valence-corrected chi connectivity index (χ1v) is 6.84. The molecule has 1 aliphatic rings. The number of hydrogen-bond donors (Lipinski definition) is 0. The van der Waals surface area contributed by atoms with Crippen LogP contribution in [0.1, 0.15) is 26.2 Å². The van der Waals surface area contributed by atoms with Gasteiger partial charge in [0.05, 0.1) is 19.9 Å². The van der Waals surface area contributed by atoms with Crippen LogP contribution in [0.3, 0.4) is 0 Å². The lowest BCUT2D eigenvalue weighted by Gasteiger charge is -2.23. The minimum Gasteiger partial charge on any atom is -0.493 e. The molecule has 0 radical (unpaired) electrons. The SMILES string of the molecule is COC(=O)c1cnc(C2COc3ccccc3C2)s1. The van der Waals surface area contributed by atoms with Crippen molar-refractivity contribution in [1.29, 1.82) is 0 Å². The molecule has 1 atom stereocenters. The van der Waals surface area contributed by atoms with Gasteiger partial charge in [-0.1, -0.05) is 18.2 Å². The van der Waals surface area contributed by atoms with Gasteiger partial charge >= 0.3 is 5.97 Å². The fraction of sp³-hybridized carbons (Fsp3) is 0.286. The summed E-state index contributed by atoms with van der Waals surface area (Å²) in [6.07, 6.45) is 2.47. The van der Waals surface area contributed by atoms with Gasteiger partial charge in [0.1, 0.15) is 15.6 Å². The third kappa shape index (κ3) is 2.33. The molecular weight excluding hydrogens is 262 g/mol. The smallest absolute Gasteiger partial charge is 0.349 e. The first kappa shape index (κ1) is 12.2. The average molecular weight is 275 g/mol. The minimum atomic E-state index is -0.333.